The highest BCUT2D eigenvalue weighted by atomic mass is 16.4. The van der Waals surface area contributed by atoms with Crippen molar-refractivity contribution in [3.63, 3.8) is 0 Å². The predicted octanol–water partition coefficient (Wildman–Crippen LogP) is -2.60. The Hall–Kier alpha value is -6.40. The van der Waals surface area contributed by atoms with Gasteiger partial charge >= 0.3 is 29.8 Å². The number of carboxylic acid groups (broad SMARTS) is 5. The average molecular weight is 833 g/mol. The SMILES string of the molecule is NCCNc1ccc(NCCNC(=O)CN(CCN(CCN(CCN(CC(=O)O)CC(=O)O)CC(=O)O)CC(=O)O)CC(=O)O)c2c1C(=O)c1c(O)ccc(O)c1C2=O. The van der Waals surface area contributed by atoms with E-state index in [1.165, 1.54) is 26.8 Å². The van der Waals surface area contributed by atoms with E-state index in [0.29, 0.717) is 0 Å². The molecule has 23 heteroatoms. The number of aliphatic carboxylic acids is 5. The minimum atomic E-state index is -1.29. The highest BCUT2D eigenvalue weighted by Crippen LogP contribution is 2.42. The minimum Gasteiger partial charge on any atom is -0.507 e. The van der Waals surface area contributed by atoms with Gasteiger partial charge in [-0.15, -0.1) is 0 Å². The Labute approximate surface area is 336 Å². The zero-order chi connectivity index (χ0) is 43.8. The summed E-state index contributed by atoms with van der Waals surface area (Å²) in [6.45, 7) is -3.31. The van der Waals surface area contributed by atoms with Gasteiger partial charge in [0.15, 0.2) is 0 Å². The number of nitrogens with zero attached hydrogens (tertiary/aromatic N) is 4. The van der Waals surface area contributed by atoms with E-state index in [2.05, 4.69) is 16.0 Å². The number of rotatable bonds is 28. The molecule has 0 spiro atoms. The molecule has 12 N–H and O–H groups in total. The number of phenolic OH excluding ortho intramolecular Hbond substituents is 2. The number of hydrogen-bond donors (Lipinski definition) is 11. The molecule has 0 saturated carbocycles. The van der Waals surface area contributed by atoms with Crippen LogP contribution in [0.3, 0.4) is 0 Å². The Morgan fingerprint density at radius 2 is 0.814 bits per heavy atom. The van der Waals surface area contributed by atoms with E-state index >= 15 is 0 Å². The molecule has 2 aromatic rings. The molecule has 0 saturated heterocycles. The summed E-state index contributed by atoms with van der Waals surface area (Å²) in [7, 11) is 0. The Morgan fingerprint density at radius 1 is 0.475 bits per heavy atom. The maximum atomic E-state index is 13.7. The van der Waals surface area contributed by atoms with Crippen molar-refractivity contribution < 1.29 is 74.1 Å². The Bertz CT molecular complexity index is 1890. The fourth-order valence-corrected chi connectivity index (χ4v) is 6.30. The smallest absolute Gasteiger partial charge is 0.317 e. The van der Waals surface area contributed by atoms with Crippen molar-refractivity contribution in [2.45, 2.75) is 0 Å². The summed E-state index contributed by atoms with van der Waals surface area (Å²) in [5.74, 6) is -9.39. The van der Waals surface area contributed by atoms with E-state index < -0.39 is 98.1 Å². The van der Waals surface area contributed by atoms with Gasteiger partial charge in [0.1, 0.15) is 11.5 Å². The molecular formula is C36H48N8O15. The maximum Gasteiger partial charge on any atom is 0.317 e. The molecule has 1 amide bonds. The number of aromatic hydroxyl groups is 2. The average Bonchev–Trinajstić information content (AvgIpc) is 3.14. The maximum absolute atomic E-state index is 13.7. The van der Waals surface area contributed by atoms with Crippen LogP contribution in [0.25, 0.3) is 0 Å². The molecule has 0 radical (unpaired) electrons. The normalized spacial score (nSPS) is 12.1. The molecule has 1 aliphatic rings. The topological polar surface area (TPSA) is 353 Å². The molecule has 0 bridgehead atoms. The molecular weight excluding hydrogens is 784 g/mol. The molecule has 0 unspecified atom stereocenters. The van der Waals surface area contributed by atoms with Crippen LogP contribution in [0, 0.1) is 0 Å². The van der Waals surface area contributed by atoms with Crippen molar-refractivity contribution in [1.82, 2.24) is 24.9 Å². The number of nitrogens with two attached hydrogens (primary N) is 1. The van der Waals surface area contributed by atoms with Crippen LogP contribution in [0.15, 0.2) is 24.3 Å². The van der Waals surface area contributed by atoms with Crippen molar-refractivity contribution in [2.75, 3.05) is 115 Å². The van der Waals surface area contributed by atoms with Crippen molar-refractivity contribution in [1.29, 1.82) is 0 Å². The number of carbonyl (C=O) groups excluding carboxylic acids is 3. The number of nitrogens with one attached hydrogen (secondary N) is 3. The quantitative estimate of drug-likeness (QED) is 0.0264. The van der Waals surface area contributed by atoms with Crippen LogP contribution in [-0.2, 0) is 28.8 Å². The lowest BCUT2D eigenvalue weighted by atomic mass is 9.81. The van der Waals surface area contributed by atoms with Crippen LogP contribution in [0.5, 0.6) is 11.5 Å². The molecule has 3 rings (SSSR count). The third kappa shape index (κ3) is 14.5. The fourth-order valence-electron chi connectivity index (χ4n) is 6.30. The van der Waals surface area contributed by atoms with Gasteiger partial charge in [-0.05, 0) is 24.3 Å². The van der Waals surface area contributed by atoms with Gasteiger partial charge in [-0.1, -0.05) is 0 Å². The van der Waals surface area contributed by atoms with Crippen LogP contribution < -0.4 is 21.7 Å². The van der Waals surface area contributed by atoms with E-state index in [1.807, 2.05) is 0 Å². The van der Waals surface area contributed by atoms with Gasteiger partial charge in [-0.2, -0.15) is 0 Å². The highest BCUT2D eigenvalue weighted by Gasteiger charge is 2.38. The second kappa shape index (κ2) is 22.5. The standard InChI is InChI=1S/C36H48N8O15/c37-5-6-38-21-1-2-22(32-31(21)35(58)33-23(45)3-4-24(46)34(33)36(32)59)39-7-8-40-25(47)15-43(18-28(52)53)13-11-41(16-26(48)49)9-10-42(17-27(50)51)12-14-44(19-29(54)55)20-30(56)57/h1-4,38-39,45-46H,5-20,37H2,(H,40,47)(H,48,49)(H,50,51)(H,52,53)(H,54,55)(H,56,57). The van der Waals surface area contributed by atoms with Gasteiger partial charge in [0.25, 0.3) is 0 Å². The summed E-state index contributed by atoms with van der Waals surface area (Å²) in [6.07, 6.45) is 0. The van der Waals surface area contributed by atoms with Crippen molar-refractivity contribution in [3.05, 3.63) is 46.5 Å². The first-order valence-corrected chi connectivity index (χ1v) is 18.2. The van der Waals surface area contributed by atoms with Crippen LogP contribution in [0.2, 0.25) is 0 Å². The second-order valence-electron chi connectivity index (χ2n) is 13.4. The van der Waals surface area contributed by atoms with Crippen molar-refractivity contribution in [2.24, 2.45) is 5.73 Å². The summed E-state index contributed by atoms with van der Waals surface area (Å²) in [6, 6.07) is 5.24. The van der Waals surface area contributed by atoms with Crippen LogP contribution >= 0.6 is 0 Å². The number of amides is 1. The third-order valence-electron chi connectivity index (χ3n) is 8.86. The summed E-state index contributed by atoms with van der Waals surface area (Å²) >= 11 is 0. The molecule has 23 nitrogen and oxygen atoms in total. The van der Waals surface area contributed by atoms with Gasteiger partial charge in [0.05, 0.1) is 61.5 Å². The zero-order valence-corrected chi connectivity index (χ0v) is 31.9. The zero-order valence-electron chi connectivity index (χ0n) is 31.9. The molecule has 0 fully saturated rings. The summed E-state index contributed by atoms with van der Waals surface area (Å²) in [5, 5.41) is 76.0. The lowest BCUT2D eigenvalue weighted by Crippen LogP contribution is -2.47. The largest absolute Gasteiger partial charge is 0.507 e. The van der Waals surface area contributed by atoms with Gasteiger partial charge in [0.2, 0.25) is 17.5 Å². The van der Waals surface area contributed by atoms with E-state index in [-0.39, 0.29) is 99.1 Å². The van der Waals surface area contributed by atoms with Gasteiger partial charge in [-0.25, -0.2) is 0 Å². The lowest BCUT2D eigenvalue weighted by molar-refractivity contribution is -0.143. The number of benzene rings is 2. The van der Waals surface area contributed by atoms with E-state index in [1.54, 1.807) is 0 Å². The molecule has 322 valence electrons. The third-order valence-corrected chi connectivity index (χ3v) is 8.86. The molecule has 0 atom stereocenters. The number of phenols is 2. The first-order chi connectivity index (χ1) is 27.9. The molecule has 0 aliphatic heterocycles. The molecule has 0 heterocycles. The van der Waals surface area contributed by atoms with E-state index in [9.17, 15) is 63.9 Å². The molecule has 2 aromatic carbocycles. The van der Waals surface area contributed by atoms with Crippen LogP contribution in [0.4, 0.5) is 11.4 Å². The Balaban J connectivity index is 1.64. The minimum absolute atomic E-state index is 0.0106. The van der Waals surface area contributed by atoms with E-state index in [4.69, 9.17) is 15.9 Å². The number of carboxylic acids is 5. The first kappa shape index (κ1) is 47.0. The lowest BCUT2D eigenvalue weighted by Gasteiger charge is -2.29. The molecule has 1 aliphatic carbocycles. The van der Waals surface area contributed by atoms with E-state index in [0.717, 1.165) is 17.0 Å². The van der Waals surface area contributed by atoms with Gasteiger partial charge < -0.3 is 57.4 Å². The Kier molecular flexibility index (Phi) is 17.9. The summed E-state index contributed by atoms with van der Waals surface area (Å²) < 4.78 is 0. The van der Waals surface area contributed by atoms with Crippen LogP contribution in [0.1, 0.15) is 31.8 Å². The predicted molar refractivity (Wildman–Crippen MR) is 206 cm³/mol. The van der Waals surface area contributed by atoms with Gasteiger partial charge in [0, 0.05) is 76.8 Å². The number of fused-ring (bicyclic) bond motifs is 2. The fraction of sp³-hybridized carbons (Fsp3) is 0.444. The summed E-state index contributed by atoms with van der Waals surface area (Å²) in [5.41, 5.74) is 5.20. The Morgan fingerprint density at radius 3 is 1.19 bits per heavy atom. The van der Waals surface area contributed by atoms with Crippen LogP contribution in [-0.4, -0.2) is 207 Å². The van der Waals surface area contributed by atoms with Gasteiger partial charge in [-0.3, -0.25) is 58.0 Å². The number of anilines is 2. The molecule has 59 heavy (non-hydrogen) atoms. The second-order valence-corrected chi connectivity index (χ2v) is 13.4. The number of ketones is 2. The number of hydrogen-bond acceptors (Lipinski definition) is 17. The number of carbonyl (C=O) groups is 8. The monoisotopic (exact) mass is 832 g/mol. The first-order valence-electron chi connectivity index (χ1n) is 18.2. The van der Waals surface area contributed by atoms with Crippen molar-refractivity contribution in [3.8, 4) is 11.5 Å². The highest BCUT2D eigenvalue weighted by molar-refractivity contribution is 6.33. The summed E-state index contributed by atoms with van der Waals surface area (Å²) in [4.78, 5) is 102. The molecule has 0 aromatic heterocycles. The van der Waals surface area contributed by atoms with Crippen molar-refractivity contribution >= 4 is 58.7 Å².